The molecular formula is C12H15BrF2N2O. The Bertz CT molecular complexity index is 425. The summed E-state index contributed by atoms with van der Waals surface area (Å²) in [5.41, 5.74) is 0.0359. The average molecular weight is 321 g/mol. The lowest BCUT2D eigenvalue weighted by Crippen LogP contribution is -2.45. The summed E-state index contributed by atoms with van der Waals surface area (Å²) >= 11 is 3.13. The standard InChI is InChI=1S/C12H15BrF2N2O/c13-8-1-2-9(15)11(12(8)18)10(7-14)17-5-3-16-4-6-17/h1-2,10,16,18H,3-7H2/t10-/m1/s1. The molecule has 2 N–H and O–H groups in total. The number of nitrogens with zero attached hydrogens (tertiary/aromatic N) is 1. The van der Waals surface area contributed by atoms with E-state index in [2.05, 4.69) is 21.2 Å². The molecule has 1 aliphatic heterocycles. The zero-order valence-electron chi connectivity index (χ0n) is 9.80. The Kier molecular flexibility index (Phi) is 4.53. The van der Waals surface area contributed by atoms with E-state index in [9.17, 15) is 13.9 Å². The van der Waals surface area contributed by atoms with E-state index >= 15 is 0 Å². The first-order valence-corrected chi connectivity index (χ1v) is 6.62. The second-order valence-electron chi connectivity index (χ2n) is 4.25. The zero-order chi connectivity index (χ0) is 13.1. The summed E-state index contributed by atoms with van der Waals surface area (Å²) < 4.78 is 27.5. The highest BCUT2D eigenvalue weighted by Crippen LogP contribution is 2.36. The van der Waals surface area contributed by atoms with Crippen LogP contribution in [0.25, 0.3) is 0 Å². The van der Waals surface area contributed by atoms with E-state index in [1.165, 1.54) is 12.1 Å². The molecular weight excluding hydrogens is 306 g/mol. The maximum absolute atomic E-state index is 13.8. The summed E-state index contributed by atoms with van der Waals surface area (Å²) in [6, 6.07) is 1.93. The molecule has 18 heavy (non-hydrogen) atoms. The van der Waals surface area contributed by atoms with E-state index in [-0.39, 0.29) is 11.3 Å². The number of halogens is 3. The van der Waals surface area contributed by atoms with Gasteiger partial charge in [-0.15, -0.1) is 0 Å². The fourth-order valence-electron chi connectivity index (χ4n) is 2.22. The van der Waals surface area contributed by atoms with Crippen molar-refractivity contribution in [3.05, 3.63) is 28.0 Å². The predicted octanol–water partition coefficient (Wildman–Crippen LogP) is 2.21. The lowest BCUT2D eigenvalue weighted by atomic mass is 10.0. The molecule has 0 unspecified atom stereocenters. The molecule has 6 heteroatoms. The second kappa shape index (κ2) is 5.95. The highest BCUT2D eigenvalue weighted by Gasteiger charge is 2.28. The highest BCUT2D eigenvalue weighted by atomic mass is 79.9. The van der Waals surface area contributed by atoms with Crippen LogP contribution >= 0.6 is 15.9 Å². The summed E-state index contributed by atoms with van der Waals surface area (Å²) in [6.07, 6.45) is 0. The number of phenols is 1. The molecule has 1 aromatic carbocycles. The summed E-state index contributed by atoms with van der Waals surface area (Å²) in [5.74, 6) is -0.784. The first kappa shape index (κ1) is 13.7. The molecule has 0 radical (unpaired) electrons. The summed E-state index contributed by atoms with van der Waals surface area (Å²) in [4.78, 5) is 1.85. The molecule has 1 saturated heterocycles. The van der Waals surface area contributed by atoms with Crippen molar-refractivity contribution in [3.8, 4) is 5.75 Å². The smallest absolute Gasteiger partial charge is 0.137 e. The Morgan fingerprint density at radius 3 is 2.67 bits per heavy atom. The van der Waals surface area contributed by atoms with E-state index in [4.69, 9.17) is 0 Å². The van der Waals surface area contributed by atoms with Gasteiger partial charge in [-0.05, 0) is 28.1 Å². The Balaban J connectivity index is 2.34. The van der Waals surface area contributed by atoms with Gasteiger partial charge < -0.3 is 10.4 Å². The van der Waals surface area contributed by atoms with E-state index in [1.807, 2.05) is 4.90 Å². The number of nitrogens with one attached hydrogen (secondary N) is 1. The van der Waals surface area contributed by atoms with Crippen molar-refractivity contribution in [2.45, 2.75) is 6.04 Å². The number of hydrogen-bond acceptors (Lipinski definition) is 3. The van der Waals surface area contributed by atoms with Crippen LogP contribution in [0.3, 0.4) is 0 Å². The van der Waals surface area contributed by atoms with Crippen molar-refractivity contribution in [2.75, 3.05) is 32.9 Å². The topological polar surface area (TPSA) is 35.5 Å². The molecule has 0 amide bonds. The maximum atomic E-state index is 13.8. The van der Waals surface area contributed by atoms with E-state index in [1.54, 1.807) is 0 Å². The minimum Gasteiger partial charge on any atom is -0.506 e. The van der Waals surface area contributed by atoms with Gasteiger partial charge in [0.1, 0.15) is 18.2 Å². The number of alkyl halides is 1. The molecule has 0 spiro atoms. The number of phenolic OH excluding ortho intramolecular Hbond substituents is 1. The fraction of sp³-hybridized carbons (Fsp3) is 0.500. The van der Waals surface area contributed by atoms with Crippen LogP contribution < -0.4 is 5.32 Å². The van der Waals surface area contributed by atoms with Crippen LogP contribution in [-0.2, 0) is 0 Å². The van der Waals surface area contributed by atoms with Crippen molar-refractivity contribution >= 4 is 15.9 Å². The number of piperazine rings is 1. The second-order valence-corrected chi connectivity index (χ2v) is 5.10. The van der Waals surface area contributed by atoms with Gasteiger partial charge in [-0.1, -0.05) is 0 Å². The number of aromatic hydroxyl groups is 1. The molecule has 0 bridgehead atoms. The molecule has 0 aromatic heterocycles. The highest BCUT2D eigenvalue weighted by molar-refractivity contribution is 9.10. The first-order chi connectivity index (χ1) is 8.65. The van der Waals surface area contributed by atoms with Gasteiger partial charge in [0.2, 0.25) is 0 Å². The van der Waals surface area contributed by atoms with Crippen molar-refractivity contribution < 1.29 is 13.9 Å². The third-order valence-corrected chi connectivity index (χ3v) is 3.83. The normalized spacial score (nSPS) is 18.8. The van der Waals surface area contributed by atoms with Gasteiger partial charge in [0, 0.05) is 26.2 Å². The van der Waals surface area contributed by atoms with Crippen LogP contribution in [0.1, 0.15) is 11.6 Å². The molecule has 1 aromatic rings. The SMILES string of the molecule is Oc1c(Br)ccc(F)c1[C@@H](CF)N1CCNCC1. The Labute approximate surface area is 113 Å². The maximum Gasteiger partial charge on any atom is 0.137 e. The largest absolute Gasteiger partial charge is 0.506 e. The van der Waals surface area contributed by atoms with Crippen molar-refractivity contribution in [1.82, 2.24) is 10.2 Å². The predicted molar refractivity (Wildman–Crippen MR) is 68.9 cm³/mol. The fourth-order valence-corrected chi connectivity index (χ4v) is 2.57. The molecule has 1 atom stereocenters. The van der Waals surface area contributed by atoms with Crippen LogP contribution in [0.2, 0.25) is 0 Å². The van der Waals surface area contributed by atoms with Gasteiger partial charge in [-0.2, -0.15) is 0 Å². The quantitative estimate of drug-likeness (QED) is 0.896. The Morgan fingerprint density at radius 1 is 1.39 bits per heavy atom. The third kappa shape index (κ3) is 2.65. The van der Waals surface area contributed by atoms with Crippen LogP contribution in [0.15, 0.2) is 16.6 Å². The van der Waals surface area contributed by atoms with E-state index < -0.39 is 18.5 Å². The van der Waals surface area contributed by atoms with Crippen molar-refractivity contribution in [1.29, 1.82) is 0 Å². The number of rotatable bonds is 3. The van der Waals surface area contributed by atoms with Crippen LogP contribution in [-0.4, -0.2) is 42.9 Å². The van der Waals surface area contributed by atoms with Gasteiger partial charge in [0.05, 0.1) is 16.1 Å². The summed E-state index contributed by atoms with van der Waals surface area (Å²) in [7, 11) is 0. The average Bonchev–Trinajstić information content (AvgIpc) is 2.40. The molecule has 0 saturated carbocycles. The minimum absolute atomic E-state index is 0.0359. The number of hydrogen-bond donors (Lipinski definition) is 2. The first-order valence-electron chi connectivity index (χ1n) is 5.82. The van der Waals surface area contributed by atoms with Crippen LogP contribution in [0, 0.1) is 5.82 Å². The monoisotopic (exact) mass is 320 g/mol. The molecule has 3 nitrogen and oxygen atoms in total. The third-order valence-electron chi connectivity index (χ3n) is 3.19. The van der Waals surface area contributed by atoms with Gasteiger partial charge in [0.15, 0.2) is 0 Å². The van der Waals surface area contributed by atoms with Crippen LogP contribution in [0.4, 0.5) is 8.78 Å². The lowest BCUT2D eigenvalue weighted by molar-refractivity contribution is 0.142. The molecule has 100 valence electrons. The minimum atomic E-state index is -0.732. The van der Waals surface area contributed by atoms with Gasteiger partial charge >= 0.3 is 0 Å². The Morgan fingerprint density at radius 2 is 2.06 bits per heavy atom. The van der Waals surface area contributed by atoms with Crippen molar-refractivity contribution in [3.63, 3.8) is 0 Å². The number of benzene rings is 1. The van der Waals surface area contributed by atoms with Gasteiger partial charge in [-0.3, -0.25) is 4.90 Å². The Hall–Kier alpha value is -0.720. The van der Waals surface area contributed by atoms with Crippen LogP contribution in [0.5, 0.6) is 5.75 Å². The summed E-state index contributed by atoms with van der Waals surface area (Å²) in [5, 5.41) is 13.1. The van der Waals surface area contributed by atoms with Crippen molar-refractivity contribution in [2.24, 2.45) is 0 Å². The van der Waals surface area contributed by atoms with E-state index in [0.29, 0.717) is 17.6 Å². The lowest BCUT2D eigenvalue weighted by Gasteiger charge is -2.34. The van der Waals surface area contributed by atoms with E-state index in [0.717, 1.165) is 13.1 Å². The molecule has 1 heterocycles. The molecule has 0 aliphatic carbocycles. The molecule has 1 aliphatic rings. The molecule has 1 fully saturated rings. The molecule has 2 rings (SSSR count). The van der Waals surface area contributed by atoms with Gasteiger partial charge in [0.25, 0.3) is 0 Å². The zero-order valence-corrected chi connectivity index (χ0v) is 11.4. The van der Waals surface area contributed by atoms with Gasteiger partial charge in [-0.25, -0.2) is 8.78 Å². The summed E-state index contributed by atoms with van der Waals surface area (Å²) in [6.45, 7) is 2.04.